The molecule has 0 saturated heterocycles. The van der Waals surface area contributed by atoms with Gasteiger partial charge in [-0.25, -0.2) is 4.98 Å². The van der Waals surface area contributed by atoms with E-state index < -0.39 is 0 Å². The highest BCUT2D eigenvalue weighted by molar-refractivity contribution is 6.16. The number of rotatable bonds is 6. The summed E-state index contributed by atoms with van der Waals surface area (Å²) in [5.74, 6) is 1.36. The second-order valence-electron chi connectivity index (χ2n) is 5.43. The van der Waals surface area contributed by atoms with Gasteiger partial charge < -0.3 is 9.47 Å². The lowest BCUT2D eigenvalue weighted by molar-refractivity contribution is 0.242. The second-order valence-corrected chi connectivity index (χ2v) is 5.70. The monoisotopic (exact) mass is 297 g/mol. The Morgan fingerprint density at radius 1 is 1.40 bits per heavy atom. The Labute approximate surface area is 125 Å². The molecule has 0 fully saturated rings. The van der Waals surface area contributed by atoms with Gasteiger partial charge >= 0.3 is 0 Å². The van der Waals surface area contributed by atoms with E-state index >= 15 is 0 Å². The lowest BCUT2D eigenvalue weighted by atomic mass is 10.2. The normalized spacial score (nSPS) is 13.6. The Morgan fingerprint density at radius 3 is 2.70 bits per heavy atom. The molecule has 2 rings (SSSR count). The zero-order valence-electron chi connectivity index (χ0n) is 13.0. The van der Waals surface area contributed by atoms with Crippen molar-refractivity contribution in [3.8, 4) is 0 Å². The van der Waals surface area contributed by atoms with Crippen molar-refractivity contribution in [2.24, 2.45) is 7.05 Å². The third-order valence-electron chi connectivity index (χ3n) is 4.11. The van der Waals surface area contributed by atoms with Gasteiger partial charge in [0, 0.05) is 26.2 Å². The van der Waals surface area contributed by atoms with Crippen molar-refractivity contribution in [2.45, 2.75) is 45.7 Å². The third-order valence-corrected chi connectivity index (χ3v) is 4.35. The van der Waals surface area contributed by atoms with E-state index in [0.717, 1.165) is 42.2 Å². The van der Waals surface area contributed by atoms with Crippen molar-refractivity contribution in [2.75, 3.05) is 13.6 Å². The molecule has 0 amide bonds. The number of fused-ring (bicyclic) bond motifs is 1. The standard InChI is InChI=1S/C14H24ClN5/c1-6-10(2)18(4)7-8-20-12(9-15)16-13-11(3)17-19(5)14(13)20/h10H,6-9H2,1-5H3. The van der Waals surface area contributed by atoms with Gasteiger partial charge in [-0.15, -0.1) is 11.6 Å². The van der Waals surface area contributed by atoms with E-state index in [9.17, 15) is 0 Å². The molecule has 2 aromatic rings. The van der Waals surface area contributed by atoms with Crippen LogP contribution in [0.1, 0.15) is 31.8 Å². The van der Waals surface area contributed by atoms with E-state index in [2.05, 4.69) is 40.4 Å². The molecule has 20 heavy (non-hydrogen) atoms. The number of likely N-dealkylation sites (N-methyl/N-ethyl adjacent to an activating group) is 1. The van der Waals surface area contributed by atoms with Gasteiger partial charge in [0.1, 0.15) is 11.3 Å². The summed E-state index contributed by atoms with van der Waals surface area (Å²) in [6.07, 6.45) is 1.16. The first-order chi connectivity index (χ1) is 9.49. The molecular formula is C14H24ClN5. The van der Waals surface area contributed by atoms with Crippen molar-refractivity contribution < 1.29 is 0 Å². The van der Waals surface area contributed by atoms with Crippen LogP contribution in [0.15, 0.2) is 0 Å². The molecule has 0 aliphatic rings. The fourth-order valence-electron chi connectivity index (χ4n) is 2.51. The Balaban J connectivity index is 2.28. The molecule has 0 bridgehead atoms. The van der Waals surface area contributed by atoms with Crippen LogP contribution in [-0.4, -0.2) is 43.9 Å². The van der Waals surface area contributed by atoms with Gasteiger partial charge in [-0.05, 0) is 27.3 Å². The van der Waals surface area contributed by atoms with E-state index in [1.54, 1.807) is 0 Å². The minimum atomic E-state index is 0.432. The first kappa shape index (κ1) is 15.3. The number of halogens is 1. The minimum Gasteiger partial charge on any atom is -0.311 e. The molecule has 2 heterocycles. The summed E-state index contributed by atoms with van der Waals surface area (Å²) in [5, 5.41) is 4.44. The van der Waals surface area contributed by atoms with Gasteiger partial charge in [-0.1, -0.05) is 6.92 Å². The Kier molecular flexibility index (Phi) is 4.70. The number of aryl methyl sites for hydroxylation is 2. The van der Waals surface area contributed by atoms with Gasteiger partial charge in [0.05, 0.1) is 11.6 Å². The lowest BCUT2D eigenvalue weighted by Crippen LogP contribution is -2.31. The average Bonchev–Trinajstić information content (AvgIpc) is 2.94. The zero-order valence-corrected chi connectivity index (χ0v) is 13.8. The van der Waals surface area contributed by atoms with Crippen molar-refractivity contribution in [1.29, 1.82) is 0 Å². The number of alkyl halides is 1. The van der Waals surface area contributed by atoms with Crippen molar-refractivity contribution >= 4 is 22.8 Å². The number of hydrogen-bond donors (Lipinski definition) is 0. The minimum absolute atomic E-state index is 0.432. The van der Waals surface area contributed by atoms with Crippen molar-refractivity contribution in [1.82, 2.24) is 24.2 Å². The topological polar surface area (TPSA) is 38.9 Å². The van der Waals surface area contributed by atoms with Crippen LogP contribution in [0.2, 0.25) is 0 Å². The molecular weight excluding hydrogens is 274 g/mol. The summed E-state index contributed by atoms with van der Waals surface area (Å²) < 4.78 is 4.10. The van der Waals surface area contributed by atoms with Gasteiger partial charge in [-0.2, -0.15) is 5.10 Å². The maximum atomic E-state index is 6.04. The van der Waals surface area contributed by atoms with Gasteiger partial charge in [0.15, 0.2) is 5.65 Å². The third kappa shape index (κ3) is 2.69. The quantitative estimate of drug-likeness (QED) is 0.769. The van der Waals surface area contributed by atoms with Crippen LogP contribution in [0.3, 0.4) is 0 Å². The zero-order chi connectivity index (χ0) is 14.9. The summed E-state index contributed by atoms with van der Waals surface area (Å²) in [5.41, 5.74) is 2.99. The summed E-state index contributed by atoms with van der Waals surface area (Å²) in [7, 11) is 4.13. The maximum absolute atomic E-state index is 6.04. The molecule has 0 aliphatic carbocycles. The van der Waals surface area contributed by atoms with E-state index in [1.165, 1.54) is 0 Å². The lowest BCUT2D eigenvalue weighted by Gasteiger charge is -2.24. The Hall–Kier alpha value is -1.07. The molecule has 1 unspecified atom stereocenters. The van der Waals surface area contributed by atoms with Crippen molar-refractivity contribution in [3.63, 3.8) is 0 Å². The van der Waals surface area contributed by atoms with E-state index in [4.69, 9.17) is 11.6 Å². The maximum Gasteiger partial charge on any atom is 0.158 e. The second kappa shape index (κ2) is 6.14. The summed E-state index contributed by atoms with van der Waals surface area (Å²) in [4.78, 5) is 6.99. The smallest absolute Gasteiger partial charge is 0.158 e. The van der Waals surface area contributed by atoms with Gasteiger partial charge in [0.2, 0.25) is 0 Å². The molecule has 0 aromatic carbocycles. The fraction of sp³-hybridized carbons (Fsp3) is 0.714. The average molecular weight is 298 g/mol. The van der Waals surface area contributed by atoms with E-state index in [-0.39, 0.29) is 0 Å². The van der Waals surface area contributed by atoms with Crippen LogP contribution in [0.25, 0.3) is 11.2 Å². The van der Waals surface area contributed by atoms with Crippen molar-refractivity contribution in [3.05, 3.63) is 11.5 Å². The number of hydrogen-bond acceptors (Lipinski definition) is 3. The van der Waals surface area contributed by atoms with Crippen LogP contribution >= 0.6 is 11.6 Å². The summed E-state index contributed by atoms with van der Waals surface area (Å²) in [6.45, 7) is 8.32. The van der Waals surface area contributed by atoms with Gasteiger partial charge in [0.25, 0.3) is 0 Å². The van der Waals surface area contributed by atoms with Crippen LogP contribution in [0.5, 0.6) is 0 Å². The van der Waals surface area contributed by atoms with Crippen LogP contribution in [0, 0.1) is 6.92 Å². The largest absolute Gasteiger partial charge is 0.311 e. The predicted molar refractivity (Wildman–Crippen MR) is 83.2 cm³/mol. The number of aromatic nitrogens is 4. The summed E-state index contributed by atoms with van der Waals surface area (Å²) >= 11 is 6.04. The van der Waals surface area contributed by atoms with E-state index in [0.29, 0.717) is 11.9 Å². The summed E-state index contributed by atoms with van der Waals surface area (Å²) in [6, 6.07) is 0.585. The fourth-order valence-corrected chi connectivity index (χ4v) is 2.71. The molecule has 0 spiro atoms. The van der Waals surface area contributed by atoms with Crippen LogP contribution < -0.4 is 0 Å². The van der Waals surface area contributed by atoms with Crippen LogP contribution in [0.4, 0.5) is 0 Å². The first-order valence-electron chi connectivity index (χ1n) is 7.14. The first-order valence-corrected chi connectivity index (χ1v) is 7.67. The number of nitrogens with zero attached hydrogens (tertiary/aromatic N) is 5. The van der Waals surface area contributed by atoms with Gasteiger partial charge in [-0.3, -0.25) is 4.68 Å². The molecule has 0 aliphatic heterocycles. The van der Waals surface area contributed by atoms with Crippen LogP contribution in [-0.2, 0) is 19.5 Å². The Morgan fingerprint density at radius 2 is 2.10 bits per heavy atom. The molecule has 0 radical (unpaired) electrons. The molecule has 0 N–H and O–H groups in total. The molecule has 0 saturated carbocycles. The highest BCUT2D eigenvalue weighted by Gasteiger charge is 2.17. The molecule has 112 valence electrons. The predicted octanol–water partition coefficient (Wildman–Crippen LogP) is 2.55. The molecule has 2 aromatic heterocycles. The van der Waals surface area contributed by atoms with E-state index in [1.807, 2.05) is 18.7 Å². The highest BCUT2D eigenvalue weighted by atomic mass is 35.5. The molecule has 5 nitrogen and oxygen atoms in total. The SMILES string of the molecule is CCC(C)N(C)CCn1c(CCl)nc2c(C)nn(C)c21. The Bertz CT molecular complexity index is 586. The highest BCUT2D eigenvalue weighted by Crippen LogP contribution is 2.20. The molecule has 6 heteroatoms. The molecule has 1 atom stereocenters. The number of imidazole rings is 1.